The summed E-state index contributed by atoms with van der Waals surface area (Å²) in [6.07, 6.45) is 2.87. The van der Waals surface area contributed by atoms with Crippen LogP contribution in [0.15, 0.2) is 6.07 Å². The second-order valence-electron chi connectivity index (χ2n) is 9.60. The van der Waals surface area contributed by atoms with Crippen LogP contribution in [0.5, 0.6) is 0 Å². The van der Waals surface area contributed by atoms with Crippen LogP contribution >= 0.6 is 22.6 Å². The zero-order valence-corrected chi connectivity index (χ0v) is 24.8. The summed E-state index contributed by atoms with van der Waals surface area (Å²) in [4.78, 5) is 22.6. The summed E-state index contributed by atoms with van der Waals surface area (Å²) >= 11 is 1.91. The number of aromatic amines is 1. The lowest BCUT2D eigenvalue weighted by Crippen LogP contribution is -2.58. The Labute approximate surface area is 235 Å². The van der Waals surface area contributed by atoms with Gasteiger partial charge in [-0.2, -0.15) is 14.4 Å². The molecule has 2 aliphatic heterocycles. The van der Waals surface area contributed by atoms with E-state index < -0.39 is 32.7 Å². The number of carbonyl (C=O) groups excluding carboxylic acids is 1. The van der Waals surface area contributed by atoms with Gasteiger partial charge in [-0.1, -0.05) is 6.42 Å². The molecule has 2 bridgehead atoms. The average molecular weight is 666 g/mol. The lowest BCUT2D eigenvalue weighted by atomic mass is 9.83. The number of alkyl halides is 1. The highest BCUT2D eigenvalue weighted by Crippen LogP contribution is 2.38. The van der Waals surface area contributed by atoms with Gasteiger partial charge in [-0.05, 0) is 69.0 Å². The monoisotopic (exact) mass is 665 g/mol. The zero-order valence-electron chi connectivity index (χ0n) is 21.8. The summed E-state index contributed by atoms with van der Waals surface area (Å²) in [7, 11) is -1.50. The molecule has 38 heavy (non-hydrogen) atoms. The van der Waals surface area contributed by atoms with Crippen LogP contribution in [0.3, 0.4) is 0 Å². The second-order valence-corrected chi connectivity index (χ2v) is 13.5. The van der Waals surface area contributed by atoms with Crippen molar-refractivity contribution >= 4 is 56.4 Å². The number of halogens is 2. The van der Waals surface area contributed by atoms with Gasteiger partial charge in [0, 0.05) is 36.9 Å². The van der Waals surface area contributed by atoms with E-state index in [4.69, 9.17) is 9.47 Å². The Morgan fingerprint density at radius 2 is 2.03 bits per heavy atom. The molecule has 2 aromatic heterocycles. The first-order chi connectivity index (χ1) is 18.0. The highest BCUT2D eigenvalue weighted by atomic mass is 127. The largest absolute Gasteiger partial charge is 0.509 e. The third kappa shape index (κ3) is 6.47. The molecular weight excluding hydrogens is 632 g/mol. The molecule has 0 saturated carbocycles. The first-order valence-corrected chi connectivity index (χ1v) is 15.4. The number of H-pyrrole nitrogens is 1. The SMILES string of the molecule is CCS(=O)(=O)N1[C@@H]2CCC[C@H]1CC(N(C)c1nc(COC(=O)OC(C)I)c(F)c(Nc3cc(C)[nH]n3)n1)C2. The summed E-state index contributed by atoms with van der Waals surface area (Å²) in [6.45, 7) is 4.70. The quantitative estimate of drug-likeness (QED) is 0.229. The van der Waals surface area contributed by atoms with Crippen molar-refractivity contribution in [3.05, 3.63) is 23.3 Å². The maximum atomic E-state index is 15.4. The molecule has 0 amide bonds. The number of aryl methyl sites for hydroxylation is 1. The molecule has 2 saturated heterocycles. The number of hydrogen-bond donors (Lipinski definition) is 2. The van der Waals surface area contributed by atoms with Gasteiger partial charge in [-0.15, -0.1) is 0 Å². The molecule has 12 nitrogen and oxygen atoms in total. The van der Waals surface area contributed by atoms with Gasteiger partial charge in [-0.3, -0.25) is 5.10 Å². The number of carbonyl (C=O) groups is 1. The van der Waals surface area contributed by atoms with Crippen LogP contribution in [0.2, 0.25) is 0 Å². The van der Waals surface area contributed by atoms with Gasteiger partial charge in [0.25, 0.3) is 0 Å². The predicted octanol–water partition coefficient (Wildman–Crippen LogP) is 4.00. The summed E-state index contributed by atoms with van der Waals surface area (Å²) in [6, 6.07) is 1.44. The number of rotatable bonds is 9. The number of ether oxygens (including phenoxy) is 2. The number of nitrogens with zero attached hydrogens (tertiary/aromatic N) is 5. The molecule has 2 unspecified atom stereocenters. The van der Waals surface area contributed by atoms with E-state index in [1.54, 1.807) is 24.2 Å². The number of nitrogens with one attached hydrogen (secondary N) is 2. The maximum Gasteiger partial charge on any atom is 0.509 e. The molecule has 210 valence electrons. The Morgan fingerprint density at radius 3 is 2.61 bits per heavy atom. The molecule has 4 atom stereocenters. The highest BCUT2D eigenvalue weighted by molar-refractivity contribution is 14.1. The van der Waals surface area contributed by atoms with Gasteiger partial charge in [0.15, 0.2) is 21.6 Å². The van der Waals surface area contributed by atoms with Crippen LogP contribution in [0.1, 0.15) is 57.3 Å². The van der Waals surface area contributed by atoms with Crippen LogP contribution in [-0.2, 0) is 26.1 Å². The first-order valence-electron chi connectivity index (χ1n) is 12.6. The van der Waals surface area contributed by atoms with Crippen LogP contribution in [0, 0.1) is 12.7 Å². The molecule has 0 radical (unpaired) electrons. The van der Waals surface area contributed by atoms with Crippen molar-refractivity contribution in [2.45, 2.75) is 81.7 Å². The third-order valence-electron chi connectivity index (χ3n) is 6.88. The Morgan fingerprint density at radius 1 is 1.34 bits per heavy atom. The fourth-order valence-corrected chi connectivity index (χ4v) is 6.90. The van der Waals surface area contributed by atoms with Crippen molar-refractivity contribution in [3.63, 3.8) is 0 Å². The fourth-order valence-electron chi connectivity index (χ4n) is 5.11. The van der Waals surface area contributed by atoms with Gasteiger partial charge in [0.05, 0.1) is 5.75 Å². The minimum atomic E-state index is -3.32. The van der Waals surface area contributed by atoms with E-state index in [9.17, 15) is 13.2 Å². The molecule has 2 aliphatic rings. The molecule has 15 heteroatoms. The van der Waals surface area contributed by atoms with Gasteiger partial charge < -0.3 is 19.7 Å². The second kappa shape index (κ2) is 11.9. The lowest BCUT2D eigenvalue weighted by molar-refractivity contribution is 0.0479. The van der Waals surface area contributed by atoms with Crippen molar-refractivity contribution in [2.24, 2.45) is 0 Å². The van der Waals surface area contributed by atoms with Gasteiger partial charge in [0.2, 0.25) is 16.0 Å². The van der Waals surface area contributed by atoms with E-state index in [1.165, 1.54) is 0 Å². The van der Waals surface area contributed by atoms with E-state index in [1.807, 2.05) is 41.5 Å². The number of anilines is 3. The van der Waals surface area contributed by atoms with E-state index >= 15 is 4.39 Å². The van der Waals surface area contributed by atoms with Gasteiger partial charge in [0.1, 0.15) is 12.3 Å². The van der Waals surface area contributed by atoms with E-state index in [0.717, 1.165) is 25.0 Å². The molecule has 2 fully saturated rings. The van der Waals surface area contributed by atoms with E-state index in [-0.39, 0.29) is 41.3 Å². The molecule has 0 aromatic carbocycles. The Bertz CT molecular complexity index is 1250. The molecule has 0 spiro atoms. The number of piperidine rings is 2. The topological polar surface area (TPSA) is 143 Å². The summed E-state index contributed by atoms with van der Waals surface area (Å²) in [5.74, 6) is -0.227. The fraction of sp³-hybridized carbons (Fsp3) is 0.652. The van der Waals surface area contributed by atoms with E-state index in [2.05, 4.69) is 25.5 Å². The Balaban J connectivity index is 1.61. The zero-order chi connectivity index (χ0) is 27.6. The normalized spacial score (nSPS) is 22.5. The summed E-state index contributed by atoms with van der Waals surface area (Å²) < 4.78 is 52.3. The van der Waals surface area contributed by atoms with Crippen LogP contribution in [0.4, 0.5) is 26.8 Å². The summed E-state index contributed by atoms with van der Waals surface area (Å²) in [5.41, 5.74) is 0.653. The van der Waals surface area contributed by atoms with Crippen molar-refractivity contribution in [2.75, 3.05) is 23.0 Å². The van der Waals surface area contributed by atoms with Gasteiger partial charge >= 0.3 is 6.16 Å². The summed E-state index contributed by atoms with van der Waals surface area (Å²) in [5, 5.41) is 9.74. The molecular formula is C23H33FIN7O5S. The Hall–Kier alpha value is -2.27. The highest BCUT2D eigenvalue weighted by Gasteiger charge is 2.45. The van der Waals surface area contributed by atoms with Crippen LogP contribution in [0.25, 0.3) is 0 Å². The molecule has 2 N–H and O–H groups in total. The number of fused-ring (bicyclic) bond motifs is 2. The average Bonchev–Trinajstić information content (AvgIpc) is 3.27. The third-order valence-corrected chi connectivity index (χ3v) is 9.10. The molecule has 2 aromatic rings. The standard InChI is InChI=1S/C23H33FIN7O5S/c1-5-38(34,35)32-15-7-6-8-16(32)11-17(10-15)31(4)22-26-18(12-36-23(33)37-14(3)25)20(24)21(28-22)27-19-9-13(2)29-30-19/h9,14-17H,5-8,10-12H2,1-4H3,(H2,26,27,28,29,30)/t14?,15-,16+,17?. The minimum Gasteiger partial charge on any atom is -0.428 e. The van der Waals surface area contributed by atoms with E-state index in [0.29, 0.717) is 18.7 Å². The van der Waals surface area contributed by atoms with Crippen molar-refractivity contribution in [3.8, 4) is 0 Å². The van der Waals surface area contributed by atoms with Crippen LogP contribution in [-0.4, -0.2) is 74.1 Å². The maximum absolute atomic E-state index is 15.4. The molecule has 4 heterocycles. The van der Waals surface area contributed by atoms with Crippen LogP contribution < -0.4 is 10.2 Å². The molecule has 0 aliphatic carbocycles. The number of hydrogen-bond acceptors (Lipinski definition) is 10. The van der Waals surface area contributed by atoms with Crippen molar-refractivity contribution < 1.29 is 27.1 Å². The Kier molecular flexibility index (Phi) is 8.96. The van der Waals surface area contributed by atoms with Gasteiger partial charge in [-0.25, -0.2) is 22.6 Å². The first kappa shape index (κ1) is 28.7. The lowest BCUT2D eigenvalue weighted by Gasteiger charge is -2.49. The minimum absolute atomic E-state index is 0.0573. The number of sulfonamides is 1. The smallest absolute Gasteiger partial charge is 0.428 e. The molecule has 4 rings (SSSR count). The van der Waals surface area contributed by atoms with Crippen molar-refractivity contribution in [1.29, 1.82) is 0 Å². The van der Waals surface area contributed by atoms with Crippen molar-refractivity contribution in [1.82, 2.24) is 24.5 Å². The number of aromatic nitrogens is 4. The predicted molar refractivity (Wildman–Crippen MR) is 148 cm³/mol.